The number of carbonyl (C=O) groups is 2. The summed E-state index contributed by atoms with van der Waals surface area (Å²) >= 11 is 0. The molecule has 0 aromatic heterocycles. The van der Waals surface area contributed by atoms with Crippen molar-refractivity contribution in [3.8, 4) is 5.75 Å². The van der Waals surface area contributed by atoms with Gasteiger partial charge >= 0.3 is 0 Å². The van der Waals surface area contributed by atoms with Crippen molar-refractivity contribution in [3.05, 3.63) is 35.9 Å². The molecule has 1 aliphatic heterocycles. The summed E-state index contributed by atoms with van der Waals surface area (Å²) in [7, 11) is 3.26. The van der Waals surface area contributed by atoms with Gasteiger partial charge in [0.1, 0.15) is 5.75 Å². The van der Waals surface area contributed by atoms with Gasteiger partial charge in [0.05, 0.1) is 26.2 Å². The van der Waals surface area contributed by atoms with Gasteiger partial charge in [-0.2, -0.15) is 0 Å². The van der Waals surface area contributed by atoms with Crippen LogP contribution >= 0.6 is 0 Å². The van der Waals surface area contributed by atoms with Gasteiger partial charge in [-0.3, -0.25) is 14.5 Å². The first-order valence-corrected chi connectivity index (χ1v) is 8.73. The summed E-state index contributed by atoms with van der Waals surface area (Å²) in [5.74, 6) is 0.505. The first-order valence-electron chi connectivity index (χ1n) is 8.73. The number of rotatable bonds is 8. The molecule has 1 aromatic carbocycles. The van der Waals surface area contributed by atoms with Crippen LogP contribution in [-0.2, 0) is 9.59 Å². The lowest BCUT2D eigenvalue weighted by molar-refractivity contribution is -0.138. The standard InChI is InChI=1S/C19H27N3O4/c1-21(12-13-23)18(24)14-16-19(25)20-9-11-22(16)10-5-7-15-6-3-4-8-17(15)26-2/h3-8,16,23H,9-14H2,1-2H3,(H,20,25). The van der Waals surface area contributed by atoms with Crippen LogP contribution < -0.4 is 10.1 Å². The minimum absolute atomic E-state index is 0.0928. The van der Waals surface area contributed by atoms with Crippen molar-refractivity contribution in [2.45, 2.75) is 12.5 Å². The smallest absolute Gasteiger partial charge is 0.237 e. The first-order chi connectivity index (χ1) is 12.6. The zero-order valence-electron chi connectivity index (χ0n) is 15.4. The van der Waals surface area contributed by atoms with Gasteiger partial charge in [0.2, 0.25) is 11.8 Å². The molecule has 2 amide bonds. The van der Waals surface area contributed by atoms with Crippen LogP contribution in [0.15, 0.2) is 30.3 Å². The molecule has 1 aromatic rings. The molecule has 1 heterocycles. The molecule has 7 heteroatoms. The molecular formula is C19H27N3O4. The van der Waals surface area contributed by atoms with Crippen molar-refractivity contribution in [2.75, 3.05) is 46.9 Å². The zero-order valence-corrected chi connectivity index (χ0v) is 15.4. The first kappa shape index (κ1) is 19.9. The zero-order chi connectivity index (χ0) is 18.9. The third-order valence-electron chi connectivity index (χ3n) is 4.45. The molecule has 0 radical (unpaired) electrons. The SMILES string of the molecule is COc1ccccc1C=CCN1CCNC(=O)C1CC(=O)N(C)CCO. The molecule has 26 heavy (non-hydrogen) atoms. The molecule has 1 aliphatic rings. The average molecular weight is 361 g/mol. The molecule has 0 spiro atoms. The van der Waals surface area contributed by atoms with Crippen LogP contribution in [0.4, 0.5) is 0 Å². The number of nitrogens with zero attached hydrogens (tertiary/aromatic N) is 2. The summed E-state index contributed by atoms with van der Waals surface area (Å²) in [5, 5.41) is 11.8. The van der Waals surface area contributed by atoms with E-state index < -0.39 is 6.04 Å². The molecule has 0 saturated carbocycles. The number of aliphatic hydroxyl groups excluding tert-OH is 1. The van der Waals surface area contributed by atoms with E-state index in [4.69, 9.17) is 9.84 Å². The lowest BCUT2D eigenvalue weighted by Gasteiger charge is -2.34. The highest BCUT2D eigenvalue weighted by molar-refractivity contribution is 5.88. The van der Waals surface area contributed by atoms with Crippen molar-refractivity contribution in [3.63, 3.8) is 0 Å². The molecule has 0 bridgehead atoms. The predicted molar refractivity (Wildman–Crippen MR) is 99.7 cm³/mol. The highest BCUT2D eigenvalue weighted by Gasteiger charge is 2.31. The number of piperazine rings is 1. The van der Waals surface area contributed by atoms with Gasteiger partial charge in [-0.25, -0.2) is 0 Å². The van der Waals surface area contributed by atoms with Crippen LogP contribution in [0.1, 0.15) is 12.0 Å². The van der Waals surface area contributed by atoms with Gasteiger partial charge in [0, 0.05) is 38.8 Å². The number of hydrogen-bond acceptors (Lipinski definition) is 5. The van der Waals surface area contributed by atoms with Crippen LogP contribution in [0, 0.1) is 0 Å². The Morgan fingerprint density at radius 1 is 1.46 bits per heavy atom. The normalized spacial score (nSPS) is 18.0. The quantitative estimate of drug-likeness (QED) is 0.698. The minimum Gasteiger partial charge on any atom is -0.496 e. The van der Waals surface area contributed by atoms with E-state index in [2.05, 4.69) is 5.32 Å². The van der Waals surface area contributed by atoms with E-state index in [0.29, 0.717) is 19.6 Å². The summed E-state index contributed by atoms with van der Waals surface area (Å²) in [6.07, 6.45) is 4.04. The van der Waals surface area contributed by atoms with E-state index in [1.807, 2.05) is 41.3 Å². The van der Waals surface area contributed by atoms with E-state index in [1.54, 1.807) is 14.2 Å². The monoisotopic (exact) mass is 361 g/mol. The maximum Gasteiger partial charge on any atom is 0.237 e. The highest BCUT2D eigenvalue weighted by Crippen LogP contribution is 2.19. The summed E-state index contributed by atoms with van der Waals surface area (Å²) in [6, 6.07) is 7.21. The van der Waals surface area contributed by atoms with Crippen LogP contribution in [0.25, 0.3) is 6.08 Å². The van der Waals surface area contributed by atoms with Gasteiger partial charge in [-0.15, -0.1) is 0 Å². The Hall–Kier alpha value is -2.38. The second-order valence-electron chi connectivity index (χ2n) is 6.19. The van der Waals surface area contributed by atoms with Crippen LogP contribution in [0.2, 0.25) is 0 Å². The van der Waals surface area contributed by atoms with Crippen molar-refractivity contribution < 1.29 is 19.4 Å². The molecule has 1 unspecified atom stereocenters. The highest BCUT2D eigenvalue weighted by atomic mass is 16.5. The van der Waals surface area contributed by atoms with E-state index in [1.165, 1.54) is 4.90 Å². The van der Waals surface area contributed by atoms with Gasteiger partial charge < -0.3 is 20.1 Å². The molecule has 7 nitrogen and oxygen atoms in total. The van der Waals surface area contributed by atoms with E-state index in [9.17, 15) is 9.59 Å². The van der Waals surface area contributed by atoms with Gasteiger partial charge in [0.25, 0.3) is 0 Å². The molecule has 2 N–H and O–H groups in total. The summed E-state index contributed by atoms with van der Waals surface area (Å²) in [4.78, 5) is 27.9. The van der Waals surface area contributed by atoms with Crippen molar-refractivity contribution >= 4 is 17.9 Å². The van der Waals surface area contributed by atoms with Crippen molar-refractivity contribution in [2.24, 2.45) is 0 Å². The Morgan fingerprint density at radius 3 is 2.96 bits per heavy atom. The number of carbonyl (C=O) groups excluding carboxylic acids is 2. The maximum absolute atomic E-state index is 12.2. The van der Waals surface area contributed by atoms with Gasteiger partial charge in [-0.05, 0) is 6.07 Å². The fraction of sp³-hybridized carbons (Fsp3) is 0.474. The Balaban J connectivity index is 2.02. The number of nitrogens with one attached hydrogen (secondary N) is 1. The van der Waals surface area contributed by atoms with Crippen molar-refractivity contribution in [1.29, 1.82) is 0 Å². The second kappa shape index (κ2) is 9.94. The summed E-state index contributed by atoms with van der Waals surface area (Å²) < 4.78 is 5.33. The third-order valence-corrected chi connectivity index (χ3v) is 4.45. The Labute approximate surface area is 154 Å². The fourth-order valence-electron chi connectivity index (χ4n) is 2.92. The van der Waals surface area contributed by atoms with Crippen LogP contribution in [0.5, 0.6) is 5.75 Å². The summed E-state index contributed by atoms with van der Waals surface area (Å²) in [5.41, 5.74) is 0.965. The topological polar surface area (TPSA) is 82.1 Å². The van der Waals surface area contributed by atoms with Crippen molar-refractivity contribution in [1.82, 2.24) is 15.1 Å². The Kier molecular flexibility index (Phi) is 7.62. The molecule has 0 aliphatic carbocycles. The van der Waals surface area contributed by atoms with E-state index in [0.717, 1.165) is 11.3 Å². The largest absolute Gasteiger partial charge is 0.496 e. The predicted octanol–water partition coefficient (Wildman–Crippen LogP) is 0.350. The fourth-order valence-corrected chi connectivity index (χ4v) is 2.92. The number of benzene rings is 1. The molecule has 1 atom stereocenters. The maximum atomic E-state index is 12.2. The lowest BCUT2D eigenvalue weighted by Crippen LogP contribution is -2.56. The summed E-state index contributed by atoms with van der Waals surface area (Å²) in [6.45, 7) is 1.99. The average Bonchev–Trinajstić information content (AvgIpc) is 2.64. The number of para-hydroxylation sites is 1. The van der Waals surface area contributed by atoms with Crippen LogP contribution in [0.3, 0.4) is 0 Å². The molecular weight excluding hydrogens is 334 g/mol. The Morgan fingerprint density at radius 2 is 2.23 bits per heavy atom. The lowest BCUT2D eigenvalue weighted by atomic mass is 10.1. The molecule has 1 fully saturated rings. The van der Waals surface area contributed by atoms with Gasteiger partial charge in [-0.1, -0.05) is 30.4 Å². The van der Waals surface area contributed by atoms with Crippen LogP contribution in [-0.4, -0.2) is 79.7 Å². The van der Waals surface area contributed by atoms with E-state index in [-0.39, 0.29) is 31.4 Å². The number of methoxy groups -OCH3 is 1. The number of amides is 2. The third kappa shape index (κ3) is 5.31. The van der Waals surface area contributed by atoms with E-state index >= 15 is 0 Å². The van der Waals surface area contributed by atoms with Gasteiger partial charge in [0.15, 0.2) is 0 Å². The second-order valence-corrected chi connectivity index (χ2v) is 6.19. The number of ether oxygens (including phenoxy) is 1. The number of likely N-dealkylation sites (N-methyl/N-ethyl adjacent to an activating group) is 1. The Bertz CT molecular complexity index is 647. The molecule has 142 valence electrons. The molecule has 1 saturated heterocycles. The minimum atomic E-state index is -0.500. The molecule has 2 rings (SSSR count). The number of aliphatic hydroxyl groups is 1. The number of hydrogen-bond donors (Lipinski definition) is 2.